The van der Waals surface area contributed by atoms with Crippen LogP contribution < -0.4 is 5.32 Å². The van der Waals surface area contributed by atoms with Crippen LogP contribution in [0.15, 0.2) is 22.7 Å². The lowest BCUT2D eigenvalue weighted by Crippen LogP contribution is -2.15. The van der Waals surface area contributed by atoms with Crippen molar-refractivity contribution < 1.29 is 9.90 Å². The van der Waals surface area contributed by atoms with Gasteiger partial charge in [0.1, 0.15) is 6.61 Å². The Balaban J connectivity index is 2.83. The first-order valence-electron chi connectivity index (χ1n) is 3.80. The van der Waals surface area contributed by atoms with Crippen molar-refractivity contribution in [3.05, 3.63) is 28.2 Å². The third-order valence-corrected chi connectivity index (χ3v) is 2.10. The molecule has 0 saturated heterocycles. The molecule has 4 heteroatoms. The number of carbonyl (C=O) groups excluding carboxylic acids is 1. The fraction of sp³-hybridized carbons (Fsp3) is 0.222. The smallest absolute Gasteiger partial charge is 0.250 e. The second-order valence-corrected chi connectivity index (χ2v) is 3.58. The maximum absolute atomic E-state index is 10.8. The lowest BCUT2D eigenvalue weighted by Gasteiger charge is -2.06. The summed E-state index contributed by atoms with van der Waals surface area (Å²) in [6.07, 6.45) is 0. The van der Waals surface area contributed by atoms with E-state index < -0.39 is 12.5 Å². The maximum Gasteiger partial charge on any atom is 0.250 e. The molecule has 0 saturated carbocycles. The summed E-state index contributed by atoms with van der Waals surface area (Å²) in [5, 5.41) is 11.1. The van der Waals surface area contributed by atoms with Gasteiger partial charge in [0.05, 0.1) is 0 Å². The molecule has 0 aromatic heterocycles. The Morgan fingerprint density at radius 1 is 1.62 bits per heavy atom. The van der Waals surface area contributed by atoms with Gasteiger partial charge in [0.2, 0.25) is 5.91 Å². The number of amides is 1. The van der Waals surface area contributed by atoms with E-state index in [4.69, 9.17) is 5.11 Å². The number of aliphatic hydroxyl groups is 1. The fourth-order valence-electron chi connectivity index (χ4n) is 0.957. The highest BCUT2D eigenvalue weighted by molar-refractivity contribution is 9.10. The van der Waals surface area contributed by atoms with E-state index in [1.165, 1.54) is 0 Å². The van der Waals surface area contributed by atoms with Gasteiger partial charge < -0.3 is 10.4 Å². The summed E-state index contributed by atoms with van der Waals surface area (Å²) in [6.45, 7) is 1.40. The topological polar surface area (TPSA) is 49.3 Å². The second kappa shape index (κ2) is 4.39. The van der Waals surface area contributed by atoms with Gasteiger partial charge >= 0.3 is 0 Å². The minimum absolute atomic E-state index is 0.398. The number of carbonyl (C=O) groups is 1. The number of hydrogen-bond acceptors (Lipinski definition) is 2. The Bertz CT molecular complexity index is 325. The summed E-state index contributed by atoms with van der Waals surface area (Å²) in [4.78, 5) is 10.8. The molecule has 13 heavy (non-hydrogen) atoms. The van der Waals surface area contributed by atoms with Crippen LogP contribution >= 0.6 is 15.9 Å². The second-order valence-electron chi connectivity index (χ2n) is 2.67. The zero-order valence-electron chi connectivity index (χ0n) is 7.17. The number of aliphatic hydroxyl groups excluding tert-OH is 1. The maximum atomic E-state index is 10.8. The van der Waals surface area contributed by atoms with Gasteiger partial charge in [-0.05, 0) is 30.7 Å². The van der Waals surface area contributed by atoms with E-state index in [0.29, 0.717) is 0 Å². The lowest BCUT2D eigenvalue weighted by molar-refractivity contribution is -0.118. The Labute approximate surface area is 84.9 Å². The molecule has 0 unspecified atom stereocenters. The average molecular weight is 244 g/mol. The molecule has 2 N–H and O–H groups in total. The van der Waals surface area contributed by atoms with E-state index in [1.807, 2.05) is 19.1 Å². The van der Waals surface area contributed by atoms with E-state index in [1.54, 1.807) is 6.07 Å². The molecule has 0 bridgehead atoms. The largest absolute Gasteiger partial charge is 0.387 e. The zero-order valence-corrected chi connectivity index (χ0v) is 8.76. The van der Waals surface area contributed by atoms with Crippen molar-refractivity contribution in [1.29, 1.82) is 0 Å². The van der Waals surface area contributed by atoms with Crippen molar-refractivity contribution >= 4 is 27.5 Å². The summed E-state index contributed by atoms with van der Waals surface area (Å²) >= 11 is 3.32. The molecular weight excluding hydrogens is 234 g/mol. The Morgan fingerprint density at radius 2 is 2.31 bits per heavy atom. The van der Waals surface area contributed by atoms with Gasteiger partial charge in [-0.1, -0.05) is 15.9 Å². The summed E-state index contributed by atoms with van der Waals surface area (Å²) in [5.74, 6) is -0.398. The standard InChI is InChI=1S/C9H10BrNO2/c1-6-4-7(10)2-3-8(6)11-9(13)5-12/h2-4,12H,5H2,1H3,(H,11,13). The van der Waals surface area contributed by atoms with Gasteiger partial charge in [0.25, 0.3) is 0 Å². The number of nitrogens with one attached hydrogen (secondary N) is 1. The van der Waals surface area contributed by atoms with Crippen molar-refractivity contribution in [3.8, 4) is 0 Å². The molecule has 70 valence electrons. The van der Waals surface area contributed by atoms with Crippen molar-refractivity contribution in [1.82, 2.24) is 0 Å². The Kier molecular flexibility index (Phi) is 3.45. The first-order chi connectivity index (χ1) is 6.13. The van der Waals surface area contributed by atoms with Crippen molar-refractivity contribution in [3.63, 3.8) is 0 Å². The van der Waals surface area contributed by atoms with Crippen molar-refractivity contribution in [2.75, 3.05) is 11.9 Å². The Morgan fingerprint density at radius 3 is 2.85 bits per heavy atom. The van der Waals surface area contributed by atoms with Crippen LogP contribution in [0.4, 0.5) is 5.69 Å². The number of anilines is 1. The number of rotatable bonds is 2. The first kappa shape index (κ1) is 10.2. The summed E-state index contributed by atoms with van der Waals surface area (Å²) in [5.41, 5.74) is 1.68. The molecule has 0 fully saturated rings. The fourth-order valence-corrected chi connectivity index (χ4v) is 1.43. The zero-order chi connectivity index (χ0) is 9.84. The predicted molar refractivity (Wildman–Crippen MR) is 54.6 cm³/mol. The SMILES string of the molecule is Cc1cc(Br)ccc1NC(=O)CO. The number of halogens is 1. The molecule has 1 aromatic carbocycles. The van der Waals surface area contributed by atoms with Gasteiger partial charge in [-0.3, -0.25) is 4.79 Å². The molecule has 3 nitrogen and oxygen atoms in total. The van der Waals surface area contributed by atoms with E-state index in [-0.39, 0.29) is 0 Å². The van der Waals surface area contributed by atoms with E-state index in [0.717, 1.165) is 15.7 Å². The van der Waals surface area contributed by atoms with Crippen LogP contribution in [0.25, 0.3) is 0 Å². The van der Waals surface area contributed by atoms with Gasteiger partial charge in [0, 0.05) is 10.2 Å². The minimum atomic E-state index is -0.491. The van der Waals surface area contributed by atoms with Gasteiger partial charge in [-0.15, -0.1) is 0 Å². The first-order valence-corrected chi connectivity index (χ1v) is 4.59. The quantitative estimate of drug-likeness (QED) is 0.831. The van der Waals surface area contributed by atoms with Crippen molar-refractivity contribution in [2.24, 2.45) is 0 Å². The van der Waals surface area contributed by atoms with E-state index in [2.05, 4.69) is 21.2 Å². The summed E-state index contributed by atoms with van der Waals surface area (Å²) in [6, 6.07) is 5.51. The van der Waals surface area contributed by atoms with Crippen LogP contribution in [0.1, 0.15) is 5.56 Å². The molecule has 1 rings (SSSR count). The minimum Gasteiger partial charge on any atom is -0.387 e. The molecule has 1 aromatic rings. The number of benzene rings is 1. The normalized spacial score (nSPS) is 9.77. The molecule has 0 aliphatic carbocycles. The van der Waals surface area contributed by atoms with Crippen LogP contribution in [-0.4, -0.2) is 17.6 Å². The highest BCUT2D eigenvalue weighted by Gasteiger charge is 2.02. The molecule has 0 aliphatic rings. The lowest BCUT2D eigenvalue weighted by atomic mass is 10.2. The van der Waals surface area contributed by atoms with Crippen LogP contribution in [0.2, 0.25) is 0 Å². The molecule has 0 spiro atoms. The number of aryl methyl sites for hydroxylation is 1. The molecular formula is C9H10BrNO2. The van der Waals surface area contributed by atoms with Crippen LogP contribution in [-0.2, 0) is 4.79 Å². The van der Waals surface area contributed by atoms with Gasteiger partial charge in [-0.25, -0.2) is 0 Å². The van der Waals surface area contributed by atoms with Gasteiger partial charge in [0.15, 0.2) is 0 Å². The average Bonchev–Trinajstić information content (AvgIpc) is 2.09. The van der Waals surface area contributed by atoms with Crippen LogP contribution in [0.3, 0.4) is 0 Å². The molecule has 0 atom stereocenters. The van der Waals surface area contributed by atoms with E-state index >= 15 is 0 Å². The monoisotopic (exact) mass is 243 g/mol. The summed E-state index contributed by atoms with van der Waals surface area (Å²) in [7, 11) is 0. The predicted octanol–water partition coefficient (Wildman–Crippen LogP) is 1.69. The van der Waals surface area contributed by atoms with Crippen LogP contribution in [0.5, 0.6) is 0 Å². The molecule has 0 heterocycles. The van der Waals surface area contributed by atoms with Gasteiger partial charge in [-0.2, -0.15) is 0 Å². The van der Waals surface area contributed by atoms with Crippen molar-refractivity contribution in [2.45, 2.75) is 6.92 Å². The molecule has 0 radical (unpaired) electrons. The summed E-state index contributed by atoms with van der Waals surface area (Å²) < 4.78 is 0.965. The highest BCUT2D eigenvalue weighted by Crippen LogP contribution is 2.19. The molecule has 0 aliphatic heterocycles. The third-order valence-electron chi connectivity index (χ3n) is 1.61. The molecule has 1 amide bonds. The van der Waals surface area contributed by atoms with E-state index in [9.17, 15) is 4.79 Å². The van der Waals surface area contributed by atoms with Crippen LogP contribution in [0, 0.1) is 6.92 Å². The Hall–Kier alpha value is -0.870. The number of hydrogen-bond donors (Lipinski definition) is 2. The third kappa shape index (κ3) is 2.82. The highest BCUT2D eigenvalue weighted by atomic mass is 79.9.